The minimum absolute atomic E-state index is 0.215. The number of hydrogen-bond donors (Lipinski definition) is 1. The molecule has 1 aromatic heterocycles. The van der Waals surface area contributed by atoms with E-state index in [0.29, 0.717) is 29.0 Å². The Kier molecular flexibility index (Phi) is 3.99. The molecule has 1 aromatic carbocycles. The molecule has 0 radical (unpaired) electrons. The highest BCUT2D eigenvalue weighted by atomic mass is 32.2. The summed E-state index contributed by atoms with van der Waals surface area (Å²) in [6, 6.07) is 6.67. The van der Waals surface area contributed by atoms with Gasteiger partial charge in [-0.05, 0) is 11.6 Å². The van der Waals surface area contributed by atoms with Gasteiger partial charge in [0, 0.05) is 12.3 Å². The number of rotatable bonds is 5. The molecular weight excluding hydrogens is 251 g/mol. The number of allylic oxidation sites excluding steroid dienone is 1. The maximum Gasteiger partial charge on any atom is 0.222 e. The van der Waals surface area contributed by atoms with Crippen LogP contribution in [0.25, 0.3) is 0 Å². The smallest absolute Gasteiger partial charge is 0.222 e. The number of nitrogens with two attached hydrogens (primary N) is 1. The molecule has 6 heteroatoms. The van der Waals surface area contributed by atoms with Crippen LogP contribution < -0.4 is 5.73 Å². The summed E-state index contributed by atoms with van der Waals surface area (Å²) in [5.41, 5.74) is 6.31. The zero-order valence-corrected chi connectivity index (χ0v) is 10.5. The summed E-state index contributed by atoms with van der Waals surface area (Å²) >= 11 is 1.40. The Hall–Kier alpha value is -1.82. The summed E-state index contributed by atoms with van der Waals surface area (Å²) in [6.45, 7) is 4.19. The fraction of sp³-hybridized carbons (Fsp3) is 0.167. The molecule has 0 fully saturated rings. The van der Waals surface area contributed by atoms with Crippen LogP contribution in [0.5, 0.6) is 0 Å². The maximum atomic E-state index is 13.4. The van der Waals surface area contributed by atoms with Gasteiger partial charge < -0.3 is 5.73 Å². The molecule has 0 aliphatic rings. The number of halogens is 1. The predicted octanol–water partition coefficient (Wildman–Crippen LogP) is 2.48. The van der Waals surface area contributed by atoms with Gasteiger partial charge in [-0.25, -0.2) is 4.39 Å². The topological polar surface area (TPSA) is 56.7 Å². The summed E-state index contributed by atoms with van der Waals surface area (Å²) in [7, 11) is 0. The van der Waals surface area contributed by atoms with Gasteiger partial charge in [0.25, 0.3) is 0 Å². The Morgan fingerprint density at radius 1 is 1.39 bits per heavy atom. The van der Waals surface area contributed by atoms with Crippen molar-refractivity contribution in [3.8, 4) is 0 Å². The van der Waals surface area contributed by atoms with Gasteiger partial charge in [0.1, 0.15) is 5.82 Å². The lowest BCUT2D eigenvalue weighted by molar-refractivity contribution is 0.617. The van der Waals surface area contributed by atoms with E-state index < -0.39 is 0 Å². The quantitative estimate of drug-likeness (QED) is 0.666. The van der Waals surface area contributed by atoms with Gasteiger partial charge in [-0.15, -0.1) is 16.8 Å². The van der Waals surface area contributed by atoms with Crippen LogP contribution in [-0.2, 0) is 12.3 Å². The van der Waals surface area contributed by atoms with Crippen LogP contribution in [-0.4, -0.2) is 14.8 Å². The molecular formula is C12H13FN4S. The van der Waals surface area contributed by atoms with Crippen molar-refractivity contribution in [2.45, 2.75) is 17.5 Å². The van der Waals surface area contributed by atoms with E-state index in [1.54, 1.807) is 22.8 Å². The van der Waals surface area contributed by atoms with Gasteiger partial charge >= 0.3 is 0 Å². The van der Waals surface area contributed by atoms with E-state index >= 15 is 0 Å². The highest BCUT2D eigenvalue weighted by Crippen LogP contribution is 2.23. The minimum Gasteiger partial charge on any atom is -0.368 e. The van der Waals surface area contributed by atoms with Crippen molar-refractivity contribution >= 4 is 17.7 Å². The lowest BCUT2D eigenvalue weighted by Crippen LogP contribution is -2.03. The second-order valence-corrected chi connectivity index (χ2v) is 4.56. The third-order valence-corrected chi connectivity index (χ3v) is 3.39. The number of aromatic nitrogens is 3. The Balaban J connectivity index is 2.11. The molecule has 94 valence electrons. The highest BCUT2D eigenvalue weighted by molar-refractivity contribution is 7.98. The molecule has 0 saturated heterocycles. The van der Waals surface area contributed by atoms with Crippen LogP contribution in [0.1, 0.15) is 5.56 Å². The molecule has 4 nitrogen and oxygen atoms in total. The number of benzene rings is 1. The third-order valence-electron chi connectivity index (χ3n) is 2.37. The van der Waals surface area contributed by atoms with Crippen molar-refractivity contribution < 1.29 is 4.39 Å². The van der Waals surface area contributed by atoms with Crippen LogP contribution in [0.15, 0.2) is 42.1 Å². The minimum atomic E-state index is -0.215. The molecule has 0 unspecified atom stereocenters. The molecule has 2 rings (SSSR count). The molecule has 2 aromatic rings. The third kappa shape index (κ3) is 2.70. The lowest BCUT2D eigenvalue weighted by Gasteiger charge is -2.05. The number of nitrogen functional groups attached to an aromatic ring is 1. The largest absolute Gasteiger partial charge is 0.368 e. The summed E-state index contributed by atoms with van der Waals surface area (Å²) in [5, 5.41) is 8.42. The molecule has 0 aliphatic heterocycles. The Morgan fingerprint density at radius 2 is 2.17 bits per heavy atom. The molecule has 18 heavy (non-hydrogen) atoms. The summed E-state index contributed by atoms with van der Waals surface area (Å²) in [4.78, 5) is 0. The molecule has 0 amide bonds. The van der Waals surface area contributed by atoms with Crippen molar-refractivity contribution in [1.82, 2.24) is 14.8 Å². The first kappa shape index (κ1) is 12.6. The van der Waals surface area contributed by atoms with E-state index in [2.05, 4.69) is 16.8 Å². The standard InChI is InChI=1S/C12H13FN4S/c1-2-7-17-11(14)15-16-12(17)18-8-9-5-3-4-6-10(9)13/h2-6H,1,7-8H2,(H2,14,15). The van der Waals surface area contributed by atoms with Crippen molar-refractivity contribution in [1.29, 1.82) is 0 Å². The first-order chi connectivity index (χ1) is 8.72. The first-order valence-corrected chi connectivity index (χ1v) is 6.36. The van der Waals surface area contributed by atoms with E-state index in [-0.39, 0.29) is 5.82 Å². The molecule has 0 aliphatic carbocycles. The van der Waals surface area contributed by atoms with E-state index in [1.165, 1.54) is 17.8 Å². The van der Waals surface area contributed by atoms with Crippen molar-refractivity contribution in [3.63, 3.8) is 0 Å². The number of hydrogen-bond acceptors (Lipinski definition) is 4. The van der Waals surface area contributed by atoms with Crippen LogP contribution in [0.4, 0.5) is 10.3 Å². The number of thioether (sulfide) groups is 1. The molecule has 0 bridgehead atoms. The van der Waals surface area contributed by atoms with Gasteiger partial charge in [-0.2, -0.15) is 0 Å². The van der Waals surface area contributed by atoms with E-state index in [9.17, 15) is 4.39 Å². The van der Waals surface area contributed by atoms with Gasteiger partial charge in [-0.1, -0.05) is 36.0 Å². The zero-order valence-electron chi connectivity index (χ0n) is 9.71. The van der Waals surface area contributed by atoms with Crippen LogP contribution in [0, 0.1) is 5.82 Å². The van der Waals surface area contributed by atoms with Crippen molar-refractivity contribution in [2.24, 2.45) is 0 Å². The summed E-state index contributed by atoms with van der Waals surface area (Å²) < 4.78 is 15.2. The van der Waals surface area contributed by atoms with E-state index in [1.807, 2.05) is 6.07 Å². The van der Waals surface area contributed by atoms with Crippen LogP contribution >= 0.6 is 11.8 Å². The van der Waals surface area contributed by atoms with E-state index in [0.717, 1.165) is 0 Å². The first-order valence-electron chi connectivity index (χ1n) is 5.38. The van der Waals surface area contributed by atoms with Gasteiger partial charge in [0.2, 0.25) is 5.95 Å². The summed E-state index contributed by atoms with van der Waals surface area (Å²) in [6.07, 6.45) is 1.72. The normalized spacial score (nSPS) is 10.5. The second-order valence-electron chi connectivity index (χ2n) is 3.62. The van der Waals surface area contributed by atoms with Crippen LogP contribution in [0.3, 0.4) is 0 Å². The predicted molar refractivity (Wildman–Crippen MR) is 70.6 cm³/mol. The summed E-state index contributed by atoms with van der Waals surface area (Å²) in [5.74, 6) is 0.612. The van der Waals surface area contributed by atoms with Crippen molar-refractivity contribution in [3.05, 3.63) is 48.3 Å². The Bertz CT molecular complexity index is 553. The number of anilines is 1. The average Bonchev–Trinajstić information content (AvgIpc) is 2.71. The fourth-order valence-electron chi connectivity index (χ4n) is 1.47. The van der Waals surface area contributed by atoms with Crippen molar-refractivity contribution in [2.75, 3.05) is 5.73 Å². The van der Waals surface area contributed by atoms with Gasteiger partial charge in [0.15, 0.2) is 5.16 Å². The second kappa shape index (κ2) is 5.68. The molecule has 1 heterocycles. The average molecular weight is 264 g/mol. The molecule has 2 N–H and O–H groups in total. The highest BCUT2D eigenvalue weighted by Gasteiger charge is 2.10. The molecule has 0 saturated carbocycles. The molecule has 0 spiro atoms. The zero-order chi connectivity index (χ0) is 13.0. The van der Waals surface area contributed by atoms with Gasteiger partial charge in [-0.3, -0.25) is 4.57 Å². The fourth-order valence-corrected chi connectivity index (χ4v) is 2.41. The van der Waals surface area contributed by atoms with E-state index in [4.69, 9.17) is 5.73 Å². The monoisotopic (exact) mass is 264 g/mol. The SMILES string of the molecule is C=CCn1c(N)nnc1SCc1ccccc1F. The number of nitrogens with zero attached hydrogens (tertiary/aromatic N) is 3. The maximum absolute atomic E-state index is 13.4. The van der Waals surface area contributed by atoms with Gasteiger partial charge in [0.05, 0.1) is 0 Å². The Morgan fingerprint density at radius 3 is 2.89 bits per heavy atom. The molecule has 0 atom stereocenters. The van der Waals surface area contributed by atoms with Crippen LogP contribution in [0.2, 0.25) is 0 Å². The lowest BCUT2D eigenvalue weighted by atomic mass is 10.2. The Labute approximate surface area is 109 Å².